The average Bonchev–Trinajstić information content (AvgIpc) is 2.89. The third kappa shape index (κ3) is 3.91. The van der Waals surface area contributed by atoms with Crippen LogP contribution < -0.4 is 5.32 Å². The lowest BCUT2D eigenvalue weighted by Crippen LogP contribution is -2.21. The van der Waals surface area contributed by atoms with Crippen molar-refractivity contribution < 1.29 is 4.79 Å². The molecule has 3 nitrogen and oxygen atoms in total. The summed E-state index contributed by atoms with van der Waals surface area (Å²) in [5, 5.41) is 5.65. The Balaban J connectivity index is 2.11. The molecule has 0 radical (unpaired) electrons. The van der Waals surface area contributed by atoms with Crippen LogP contribution in [0.15, 0.2) is 35.7 Å². The Labute approximate surface area is 130 Å². The number of nitrogens with one attached hydrogen (secondary N) is 1. The number of rotatable bonds is 4. The third-order valence-corrected chi connectivity index (χ3v) is 4.19. The van der Waals surface area contributed by atoms with Crippen LogP contribution in [-0.4, -0.2) is 10.9 Å². The van der Waals surface area contributed by atoms with E-state index in [1.165, 1.54) is 11.3 Å². The van der Waals surface area contributed by atoms with Gasteiger partial charge in [-0.25, -0.2) is 4.98 Å². The maximum atomic E-state index is 12.5. The summed E-state index contributed by atoms with van der Waals surface area (Å²) in [6, 6.07) is 9.88. The molecule has 1 aromatic carbocycles. The van der Waals surface area contributed by atoms with E-state index in [1.807, 2.05) is 42.6 Å². The summed E-state index contributed by atoms with van der Waals surface area (Å²) in [6.07, 6.45) is 0.771. The lowest BCUT2D eigenvalue weighted by Gasteiger charge is -2.15. The van der Waals surface area contributed by atoms with E-state index in [4.69, 9.17) is 0 Å². The number of amides is 1. The molecule has 1 aromatic heterocycles. The molecule has 0 bridgehead atoms. The first-order chi connectivity index (χ1) is 9.91. The van der Waals surface area contributed by atoms with Crippen LogP contribution in [0.3, 0.4) is 0 Å². The molecular formula is C17H22N2OS. The van der Waals surface area contributed by atoms with Crippen LogP contribution in [0.25, 0.3) is 0 Å². The molecule has 4 heteroatoms. The van der Waals surface area contributed by atoms with Gasteiger partial charge >= 0.3 is 0 Å². The van der Waals surface area contributed by atoms with Gasteiger partial charge in [-0.15, -0.1) is 11.3 Å². The van der Waals surface area contributed by atoms with Gasteiger partial charge in [0.1, 0.15) is 0 Å². The quantitative estimate of drug-likeness (QED) is 0.898. The molecule has 0 saturated heterocycles. The molecule has 0 aliphatic carbocycles. The molecule has 0 fully saturated rings. The molecule has 0 unspecified atom stereocenters. The van der Waals surface area contributed by atoms with Gasteiger partial charge < -0.3 is 5.32 Å². The van der Waals surface area contributed by atoms with Crippen LogP contribution in [0, 0.1) is 0 Å². The monoisotopic (exact) mass is 302 g/mol. The van der Waals surface area contributed by atoms with Gasteiger partial charge in [0, 0.05) is 10.8 Å². The Kier molecular flexibility index (Phi) is 4.78. The number of anilines is 1. The van der Waals surface area contributed by atoms with E-state index in [0.29, 0.717) is 5.13 Å². The Morgan fingerprint density at radius 2 is 1.95 bits per heavy atom. The highest BCUT2D eigenvalue weighted by Crippen LogP contribution is 2.28. The normalized spacial score (nSPS) is 13.0. The highest BCUT2D eigenvalue weighted by atomic mass is 32.1. The van der Waals surface area contributed by atoms with E-state index in [0.717, 1.165) is 17.7 Å². The number of benzene rings is 1. The summed E-state index contributed by atoms with van der Waals surface area (Å²) in [5.41, 5.74) is 2.06. The van der Waals surface area contributed by atoms with Gasteiger partial charge in [0.25, 0.3) is 0 Å². The number of hydrogen-bond donors (Lipinski definition) is 1. The first-order valence-electron chi connectivity index (χ1n) is 7.23. The zero-order valence-electron chi connectivity index (χ0n) is 13.0. The fourth-order valence-corrected chi connectivity index (χ4v) is 3.07. The van der Waals surface area contributed by atoms with Gasteiger partial charge in [-0.1, -0.05) is 58.0 Å². The molecule has 0 aliphatic rings. The Bertz CT molecular complexity index is 599. The molecule has 1 N–H and O–H groups in total. The largest absolute Gasteiger partial charge is 0.301 e. The molecule has 0 saturated carbocycles. The van der Waals surface area contributed by atoms with E-state index >= 15 is 0 Å². The molecule has 2 rings (SSSR count). The zero-order chi connectivity index (χ0) is 15.5. The van der Waals surface area contributed by atoms with Gasteiger partial charge in [0.05, 0.1) is 11.6 Å². The Hall–Kier alpha value is -1.68. The van der Waals surface area contributed by atoms with E-state index in [1.54, 1.807) is 0 Å². The highest BCUT2D eigenvalue weighted by molar-refractivity contribution is 7.14. The molecule has 1 amide bonds. The van der Waals surface area contributed by atoms with Crippen LogP contribution >= 0.6 is 11.3 Å². The van der Waals surface area contributed by atoms with Crippen molar-refractivity contribution in [2.24, 2.45) is 0 Å². The third-order valence-electron chi connectivity index (χ3n) is 3.43. The van der Waals surface area contributed by atoms with Crippen LogP contribution in [0.2, 0.25) is 0 Å². The predicted molar refractivity (Wildman–Crippen MR) is 88.9 cm³/mol. The second-order valence-electron chi connectivity index (χ2n) is 6.15. The molecular weight excluding hydrogens is 280 g/mol. The summed E-state index contributed by atoms with van der Waals surface area (Å²) in [7, 11) is 0. The van der Waals surface area contributed by atoms with Crippen molar-refractivity contribution >= 4 is 22.4 Å². The van der Waals surface area contributed by atoms with E-state index in [-0.39, 0.29) is 17.2 Å². The van der Waals surface area contributed by atoms with Crippen molar-refractivity contribution in [3.8, 4) is 0 Å². The minimum Gasteiger partial charge on any atom is -0.301 e. The molecule has 0 spiro atoms. The number of nitrogens with zero attached hydrogens (tertiary/aromatic N) is 1. The summed E-state index contributed by atoms with van der Waals surface area (Å²) in [6.45, 7) is 8.38. The molecule has 2 aromatic rings. The fourth-order valence-electron chi connectivity index (χ4n) is 2.13. The van der Waals surface area contributed by atoms with Crippen molar-refractivity contribution in [2.45, 2.75) is 45.4 Å². The topological polar surface area (TPSA) is 42.0 Å². The summed E-state index contributed by atoms with van der Waals surface area (Å²) < 4.78 is 0. The number of hydrogen-bond acceptors (Lipinski definition) is 3. The van der Waals surface area contributed by atoms with Crippen LogP contribution in [0.5, 0.6) is 0 Å². The number of carbonyl (C=O) groups is 1. The van der Waals surface area contributed by atoms with Gasteiger partial charge in [-0.2, -0.15) is 0 Å². The second kappa shape index (κ2) is 6.39. The summed E-state index contributed by atoms with van der Waals surface area (Å²) >= 11 is 1.48. The number of thiazole rings is 1. The smallest absolute Gasteiger partial charge is 0.233 e. The molecule has 1 atom stereocenters. The average molecular weight is 302 g/mol. The van der Waals surface area contributed by atoms with Crippen molar-refractivity contribution in [1.29, 1.82) is 0 Å². The molecule has 0 aliphatic heterocycles. The van der Waals surface area contributed by atoms with Crippen molar-refractivity contribution in [1.82, 2.24) is 4.98 Å². The predicted octanol–water partition coefficient (Wildman–Crippen LogP) is 4.57. The van der Waals surface area contributed by atoms with E-state index < -0.39 is 0 Å². The minimum atomic E-state index is -0.131. The summed E-state index contributed by atoms with van der Waals surface area (Å²) in [4.78, 5) is 17.0. The summed E-state index contributed by atoms with van der Waals surface area (Å²) in [5.74, 6) is -0.119. The Morgan fingerprint density at radius 1 is 1.29 bits per heavy atom. The maximum absolute atomic E-state index is 12.5. The maximum Gasteiger partial charge on any atom is 0.233 e. The van der Waals surface area contributed by atoms with Crippen molar-refractivity contribution in [3.05, 3.63) is 47.0 Å². The van der Waals surface area contributed by atoms with Gasteiger partial charge in [0.2, 0.25) is 5.91 Å². The van der Waals surface area contributed by atoms with Crippen LogP contribution in [0.4, 0.5) is 5.13 Å². The van der Waals surface area contributed by atoms with Gasteiger partial charge in [-0.3, -0.25) is 4.79 Å². The van der Waals surface area contributed by atoms with Crippen LogP contribution in [-0.2, 0) is 10.2 Å². The lowest BCUT2D eigenvalue weighted by molar-refractivity contribution is -0.117. The SMILES string of the molecule is CC[C@H](C(=O)Nc1nc(C(C)(C)C)cs1)c1ccccc1. The minimum absolute atomic E-state index is 0.00304. The molecule has 1 heterocycles. The first-order valence-corrected chi connectivity index (χ1v) is 8.11. The highest BCUT2D eigenvalue weighted by Gasteiger charge is 2.21. The van der Waals surface area contributed by atoms with Crippen LogP contribution in [0.1, 0.15) is 51.3 Å². The second-order valence-corrected chi connectivity index (χ2v) is 7.01. The molecule has 21 heavy (non-hydrogen) atoms. The standard InChI is InChI=1S/C17H22N2OS/c1-5-13(12-9-7-6-8-10-12)15(20)19-16-18-14(11-21-16)17(2,3)4/h6-11,13H,5H2,1-4H3,(H,18,19,20)/t13-/m0/s1. The van der Waals surface area contributed by atoms with Crippen molar-refractivity contribution in [3.63, 3.8) is 0 Å². The zero-order valence-corrected chi connectivity index (χ0v) is 13.8. The first kappa shape index (κ1) is 15.7. The van der Waals surface area contributed by atoms with Gasteiger partial charge in [-0.05, 0) is 12.0 Å². The van der Waals surface area contributed by atoms with E-state index in [2.05, 4.69) is 31.1 Å². The van der Waals surface area contributed by atoms with Gasteiger partial charge in [0.15, 0.2) is 5.13 Å². The number of carbonyl (C=O) groups excluding carboxylic acids is 1. The van der Waals surface area contributed by atoms with E-state index in [9.17, 15) is 4.79 Å². The van der Waals surface area contributed by atoms with Crippen molar-refractivity contribution in [2.75, 3.05) is 5.32 Å². The Morgan fingerprint density at radius 3 is 2.48 bits per heavy atom. The fraction of sp³-hybridized carbons (Fsp3) is 0.412. The molecule has 112 valence electrons. The lowest BCUT2D eigenvalue weighted by atomic mass is 9.93. The number of aromatic nitrogens is 1.